The van der Waals surface area contributed by atoms with E-state index < -0.39 is 29.0 Å². The van der Waals surface area contributed by atoms with Crippen molar-refractivity contribution in [1.82, 2.24) is 15.6 Å². The van der Waals surface area contributed by atoms with Gasteiger partial charge in [0.15, 0.2) is 5.54 Å². The summed E-state index contributed by atoms with van der Waals surface area (Å²) in [5.74, 6) is -0.942. The minimum atomic E-state index is -1.35. The molecule has 7 nitrogen and oxygen atoms in total. The SMILES string of the molecule is Cc1cccc(C2(CCC(=O)OC(C)(C)C)NC(=O)NC2=O)n1. The van der Waals surface area contributed by atoms with Gasteiger partial charge in [-0.15, -0.1) is 0 Å². The average Bonchev–Trinajstić information content (AvgIpc) is 2.70. The van der Waals surface area contributed by atoms with Gasteiger partial charge in [-0.05, 0) is 46.2 Å². The number of urea groups is 1. The normalized spacial score (nSPS) is 20.9. The number of ether oxygens (including phenoxy) is 1. The van der Waals surface area contributed by atoms with Crippen LogP contribution in [0.5, 0.6) is 0 Å². The van der Waals surface area contributed by atoms with Crippen LogP contribution in [0, 0.1) is 6.92 Å². The largest absolute Gasteiger partial charge is 0.460 e. The highest BCUT2D eigenvalue weighted by Crippen LogP contribution is 2.29. The van der Waals surface area contributed by atoms with Gasteiger partial charge in [-0.1, -0.05) is 6.07 Å². The lowest BCUT2D eigenvalue weighted by molar-refractivity contribution is -0.155. The molecule has 0 aromatic carbocycles. The van der Waals surface area contributed by atoms with Gasteiger partial charge >= 0.3 is 12.0 Å². The van der Waals surface area contributed by atoms with Crippen molar-refractivity contribution in [3.05, 3.63) is 29.6 Å². The highest BCUT2D eigenvalue weighted by Gasteiger charge is 2.49. The van der Waals surface area contributed by atoms with Crippen molar-refractivity contribution >= 4 is 17.9 Å². The Hall–Kier alpha value is -2.44. The highest BCUT2D eigenvalue weighted by atomic mass is 16.6. The molecule has 1 aliphatic rings. The maximum absolute atomic E-state index is 12.3. The summed E-state index contributed by atoms with van der Waals surface area (Å²) in [5, 5.41) is 4.83. The number of nitrogens with one attached hydrogen (secondary N) is 2. The third kappa shape index (κ3) is 3.85. The first kappa shape index (κ1) is 16.9. The fourth-order valence-electron chi connectivity index (χ4n) is 2.44. The van der Waals surface area contributed by atoms with Crippen LogP contribution in [0.4, 0.5) is 4.79 Å². The standard InChI is InChI=1S/C16H21N3O4/c1-10-6-5-7-11(17-10)16(13(21)18-14(22)19-16)9-8-12(20)23-15(2,3)4/h5-7H,8-9H2,1-4H3,(H2,18,19,21,22). The van der Waals surface area contributed by atoms with Crippen LogP contribution in [0.3, 0.4) is 0 Å². The Morgan fingerprint density at radius 2 is 2.00 bits per heavy atom. The third-order valence-corrected chi connectivity index (χ3v) is 3.39. The van der Waals surface area contributed by atoms with Crippen LogP contribution in [0.1, 0.15) is 45.0 Å². The second kappa shape index (κ2) is 5.98. The number of carbonyl (C=O) groups excluding carboxylic acids is 3. The molecule has 124 valence electrons. The van der Waals surface area contributed by atoms with Crippen molar-refractivity contribution in [3.8, 4) is 0 Å². The molecule has 1 fully saturated rings. The number of hydrogen-bond donors (Lipinski definition) is 2. The predicted octanol–water partition coefficient (Wildman–Crippen LogP) is 1.55. The van der Waals surface area contributed by atoms with Crippen LogP contribution in [0.2, 0.25) is 0 Å². The van der Waals surface area contributed by atoms with E-state index in [1.54, 1.807) is 45.9 Å². The molecular formula is C16H21N3O4. The summed E-state index contributed by atoms with van der Waals surface area (Å²) < 4.78 is 5.26. The fourth-order valence-corrected chi connectivity index (χ4v) is 2.44. The number of aryl methyl sites for hydroxylation is 1. The second-order valence-electron chi connectivity index (χ2n) is 6.56. The molecule has 2 N–H and O–H groups in total. The maximum atomic E-state index is 12.3. The predicted molar refractivity (Wildman–Crippen MR) is 82.4 cm³/mol. The molecule has 2 rings (SSSR count). The van der Waals surface area contributed by atoms with E-state index in [0.29, 0.717) is 11.4 Å². The van der Waals surface area contributed by atoms with Gasteiger partial charge in [-0.2, -0.15) is 0 Å². The Balaban J connectivity index is 2.24. The van der Waals surface area contributed by atoms with Gasteiger partial charge in [-0.25, -0.2) is 4.79 Å². The third-order valence-electron chi connectivity index (χ3n) is 3.39. The molecular weight excluding hydrogens is 298 g/mol. The first-order valence-corrected chi connectivity index (χ1v) is 7.42. The quantitative estimate of drug-likeness (QED) is 0.648. The van der Waals surface area contributed by atoms with E-state index in [2.05, 4.69) is 15.6 Å². The number of nitrogens with zero attached hydrogens (tertiary/aromatic N) is 1. The van der Waals surface area contributed by atoms with Crippen molar-refractivity contribution in [1.29, 1.82) is 0 Å². The molecule has 1 aliphatic heterocycles. The molecule has 0 bridgehead atoms. The molecule has 0 spiro atoms. The summed E-state index contributed by atoms with van der Waals surface area (Å²) in [7, 11) is 0. The molecule has 7 heteroatoms. The summed E-state index contributed by atoms with van der Waals surface area (Å²) in [4.78, 5) is 40.2. The lowest BCUT2D eigenvalue weighted by atomic mass is 9.89. The molecule has 1 saturated heterocycles. The number of rotatable bonds is 4. The first-order valence-electron chi connectivity index (χ1n) is 7.42. The Bertz CT molecular complexity index is 651. The Morgan fingerprint density at radius 1 is 1.30 bits per heavy atom. The van der Waals surface area contributed by atoms with Gasteiger partial charge < -0.3 is 10.1 Å². The van der Waals surface area contributed by atoms with E-state index in [1.165, 1.54) is 0 Å². The van der Waals surface area contributed by atoms with Crippen LogP contribution < -0.4 is 10.6 Å². The minimum absolute atomic E-state index is 0.0133. The summed E-state index contributed by atoms with van der Waals surface area (Å²) in [6.07, 6.45) is 0.0660. The number of esters is 1. The van der Waals surface area contributed by atoms with Crippen molar-refractivity contribution in [2.45, 2.75) is 51.7 Å². The zero-order valence-electron chi connectivity index (χ0n) is 13.7. The van der Waals surface area contributed by atoms with E-state index in [-0.39, 0.29) is 12.8 Å². The number of hydrogen-bond acceptors (Lipinski definition) is 5. The average molecular weight is 319 g/mol. The summed E-state index contributed by atoms with van der Waals surface area (Å²) in [6.45, 7) is 7.10. The molecule has 0 saturated carbocycles. The number of carbonyl (C=O) groups is 3. The molecule has 1 aromatic rings. The van der Waals surface area contributed by atoms with Crippen LogP contribution >= 0.6 is 0 Å². The highest BCUT2D eigenvalue weighted by molar-refractivity contribution is 6.07. The van der Waals surface area contributed by atoms with Gasteiger partial charge in [0.2, 0.25) is 0 Å². The zero-order valence-corrected chi connectivity index (χ0v) is 13.7. The molecule has 1 aromatic heterocycles. The number of imide groups is 1. The molecule has 3 amide bonds. The molecule has 2 heterocycles. The van der Waals surface area contributed by atoms with E-state index in [0.717, 1.165) is 0 Å². The lowest BCUT2D eigenvalue weighted by Gasteiger charge is -2.26. The second-order valence-corrected chi connectivity index (χ2v) is 6.56. The summed E-state index contributed by atoms with van der Waals surface area (Å²) >= 11 is 0. The number of amides is 3. The van der Waals surface area contributed by atoms with E-state index in [9.17, 15) is 14.4 Å². The molecule has 1 unspecified atom stereocenters. The van der Waals surface area contributed by atoms with Crippen molar-refractivity contribution in [2.75, 3.05) is 0 Å². The van der Waals surface area contributed by atoms with Crippen molar-refractivity contribution < 1.29 is 19.1 Å². The Kier molecular flexibility index (Phi) is 4.40. The van der Waals surface area contributed by atoms with Gasteiger partial charge in [0.25, 0.3) is 5.91 Å². The molecule has 23 heavy (non-hydrogen) atoms. The molecule has 0 radical (unpaired) electrons. The van der Waals surface area contributed by atoms with Gasteiger partial charge in [-0.3, -0.25) is 19.9 Å². The lowest BCUT2D eigenvalue weighted by Crippen LogP contribution is -2.45. The Morgan fingerprint density at radius 3 is 2.52 bits per heavy atom. The van der Waals surface area contributed by atoms with Crippen LogP contribution in [-0.4, -0.2) is 28.5 Å². The van der Waals surface area contributed by atoms with E-state index in [1.807, 2.05) is 0 Å². The van der Waals surface area contributed by atoms with Crippen LogP contribution in [-0.2, 0) is 19.9 Å². The van der Waals surface area contributed by atoms with E-state index in [4.69, 9.17) is 4.74 Å². The topological polar surface area (TPSA) is 97.4 Å². The first-order chi connectivity index (χ1) is 10.6. The summed E-state index contributed by atoms with van der Waals surface area (Å²) in [5.41, 5.74) is -0.829. The Labute approximate surface area is 134 Å². The van der Waals surface area contributed by atoms with Crippen molar-refractivity contribution in [2.24, 2.45) is 0 Å². The molecule has 0 aliphatic carbocycles. The van der Waals surface area contributed by atoms with Gasteiger partial charge in [0.05, 0.1) is 5.69 Å². The monoisotopic (exact) mass is 319 g/mol. The number of aromatic nitrogens is 1. The maximum Gasteiger partial charge on any atom is 0.322 e. The van der Waals surface area contributed by atoms with Gasteiger partial charge in [0.1, 0.15) is 5.60 Å². The summed E-state index contributed by atoms with van der Waals surface area (Å²) in [6, 6.07) is 4.61. The van der Waals surface area contributed by atoms with Crippen LogP contribution in [0.15, 0.2) is 18.2 Å². The van der Waals surface area contributed by atoms with Gasteiger partial charge in [0, 0.05) is 12.1 Å². The van der Waals surface area contributed by atoms with E-state index >= 15 is 0 Å². The van der Waals surface area contributed by atoms with Crippen LogP contribution in [0.25, 0.3) is 0 Å². The van der Waals surface area contributed by atoms with Crippen molar-refractivity contribution in [3.63, 3.8) is 0 Å². The fraction of sp³-hybridized carbons (Fsp3) is 0.500. The number of pyridine rings is 1. The smallest absolute Gasteiger partial charge is 0.322 e. The zero-order chi connectivity index (χ0) is 17.3. The minimum Gasteiger partial charge on any atom is -0.460 e. The molecule has 1 atom stereocenters.